The van der Waals surface area contributed by atoms with E-state index in [9.17, 15) is 14.7 Å². The van der Waals surface area contributed by atoms with Crippen LogP contribution in [0, 0.1) is 20.8 Å². The zero-order valence-corrected chi connectivity index (χ0v) is 16.1. The minimum Gasteiger partial charge on any atom is -0.496 e. The molecule has 136 valence electrons. The highest BCUT2D eigenvalue weighted by atomic mass is 32.1. The van der Waals surface area contributed by atoms with Gasteiger partial charge in [-0.1, -0.05) is 6.07 Å². The Morgan fingerprint density at radius 3 is 2.58 bits per heavy atom. The van der Waals surface area contributed by atoms with Crippen molar-refractivity contribution in [2.75, 3.05) is 7.11 Å². The summed E-state index contributed by atoms with van der Waals surface area (Å²) in [6.45, 7) is 7.04. The number of aryl methyl sites for hydroxylation is 3. The van der Waals surface area contributed by atoms with Crippen molar-refractivity contribution in [3.63, 3.8) is 0 Å². The Bertz CT molecular complexity index is 1080. The van der Waals surface area contributed by atoms with Crippen molar-refractivity contribution in [1.29, 1.82) is 0 Å². The molecule has 0 amide bonds. The molecular formula is C19H20N2O4S. The van der Waals surface area contributed by atoms with Crippen molar-refractivity contribution >= 4 is 27.5 Å². The molecular weight excluding hydrogens is 352 g/mol. The van der Waals surface area contributed by atoms with Crippen LogP contribution < -0.4 is 10.3 Å². The van der Waals surface area contributed by atoms with Crippen LogP contribution in [0.3, 0.4) is 0 Å². The first-order chi connectivity index (χ1) is 12.3. The zero-order valence-electron chi connectivity index (χ0n) is 15.3. The fourth-order valence-electron chi connectivity index (χ4n) is 3.22. The highest BCUT2D eigenvalue weighted by molar-refractivity contribution is 7.19. The number of aliphatic carboxylic acids is 1. The highest BCUT2D eigenvalue weighted by Gasteiger charge is 2.23. The third-order valence-corrected chi connectivity index (χ3v) is 5.54. The molecule has 0 aliphatic carbocycles. The van der Waals surface area contributed by atoms with E-state index >= 15 is 0 Å². The monoisotopic (exact) mass is 372 g/mol. The van der Waals surface area contributed by atoms with Crippen molar-refractivity contribution in [2.24, 2.45) is 0 Å². The topological polar surface area (TPSA) is 81.4 Å². The summed E-state index contributed by atoms with van der Waals surface area (Å²) in [6, 6.07) is 4.76. The number of hydrogen-bond acceptors (Lipinski definition) is 5. The molecule has 0 radical (unpaired) electrons. The maximum Gasteiger partial charge on any atom is 0.326 e. The van der Waals surface area contributed by atoms with Crippen molar-refractivity contribution in [2.45, 2.75) is 33.7 Å². The number of fused-ring (bicyclic) bond motifs is 1. The van der Waals surface area contributed by atoms with Gasteiger partial charge in [0.05, 0.1) is 12.5 Å². The number of hydrogen-bond donors (Lipinski definition) is 1. The summed E-state index contributed by atoms with van der Waals surface area (Å²) in [5, 5.41) is 9.81. The van der Waals surface area contributed by atoms with E-state index in [-0.39, 0.29) is 5.56 Å². The molecule has 7 heteroatoms. The molecule has 0 aliphatic heterocycles. The lowest BCUT2D eigenvalue weighted by atomic mass is 10.0. The van der Waals surface area contributed by atoms with Gasteiger partial charge in [-0.15, -0.1) is 11.3 Å². The number of ether oxygens (including phenoxy) is 1. The lowest BCUT2D eigenvalue weighted by Crippen LogP contribution is -2.30. The Morgan fingerprint density at radius 1 is 1.31 bits per heavy atom. The number of benzene rings is 1. The standard InChI is InChI=1S/C19H20N2O4S/c1-9-8-13(6-7-14(9)25-5)15-11(3)26-17-16(15)18(22)21(12(4)20-17)10(2)19(23)24/h6-8,10H,1-5H3,(H,23,24). The third-order valence-electron chi connectivity index (χ3n) is 4.54. The van der Waals surface area contributed by atoms with Gasteiger partial charge < -0.3 is 9.84 Å². The Labute approximate surface area is 154 Å². The number of carboxylic acids is 1. The van der Waals surface area contributed by atoms with Crippen LogP contribution in [0.15, 0.2) is 23.0 Å². The fraction of sp³-hybridized carbons (Fsp3) is 0.316. The molecule has 1 N–H and O–H groups in total. The number of thiophene rings is 1. The van der Waals surface area contributed by atoms with Gasteiger partial charge in [0, 0.05) is 10.4 Å². The zero-order chi connectivity index (χ0) is 19.2. The van der Waals surface area contributed by atoms with E-state index in [0.717, 1.165) is 27.3 Å². The summed E-state index contributed by atoms with van der Waals surface area (Å²) in [6.07, 6.45) is 0. The van der Waals surface area contributed by atoms with E-state index in [4.69, 9.17) is 4.74 Å². The average Bonchev–Trinajstić information content (AvgIpc) is 2.90. The van der Waals surface area contributed by atoms with E-state index in [1.165, 1.54) is 22.8 Å². The van der Waals surface area contributed by atoms with Crippen LogP contribution in [0.2, 0.25) is 0 Å². The molecule has 1 unspecified atom stereocenters. The van der Waals surface area contributed by atoms with E-state index in [0.29, 0.717) is 16.0 Å². The predicted octanol–water partition coefficient (Wildman–Crippen LogP) is 3.70. The summed E-state index contributed by atoms with van der Waals surface area (Å²) >= 11 is 1.44. The normalized spacial score (nSPS) is 12.3. The lowest BCUT2D eigenvalue weighted by molar-refractivity contribution is -0.140. The van der Waals surface area contributed by atoms with Gasteiger partial charge in [-0.2, -0.15) is 0 Å². The lowest BCUT2D eigenvalue weighted by Gasteiger charge is -2.14. The number of rotatable bonds is 4. The predicted molar refractivity (Wildman–Crippen MR) is 102 cm³/mol. The van der Waals surface area contributed by atoms with Gasteiger partial charge in [0.1, 0.15) is 22.4 Å². The molecule has 0 bridgehead atoms. The SMILES string of the molecule is COc1ccc(-c2c(C)sc3nc(C)n(C(C)C(=O)O)c(=O)c23)cc1C. The van der Waals surface area contributed by atoms with Crippen molar-refractivity contribution in [3.05, 3.63) is 44.8 Å². The van der Waals surface area contributed by atoms with Gasteiger partial charge in [0.2, 0.25) is 0 Å². The van der Waals surface area contributed by atoms with Gasteiger partial charge in [0.25, 0.3) is 5.56 Å². The van der Waals surface area contributed by atoms with E-state index in [1.807, 2.05) is 32.0 Å². The molecule has 1 aromatic carbocycles. The maximum atomic E-state index is 13.2. The number of carbonyl (C=O) groups is 1. The molecule has 1 atom stereocenters. The van der Waals surface area contributed by atoms with Gasteiger partial charge >= 0.3 is 5.97 Å². The Balaban J connectivity index is 2.35. The molecule has 6 nitrogen and oxygen atoms in total. The minimum absolute atomic E-state index is 0.324. The van der Waals surface area contributed by atoms with Crippen LogP contribution in [0.25, 0.3) is 21.3 Å². The maximum absolute atomic E-state index is 13.2. The molecule has 2 heterocycles. The number of aromatic nitrogens is 2. The molecule has 3 rings (SSSR count). The molecule has 2 aromatic heterocycles. The molecule has 0 fully saturated rings. The van der Waals surface area contributed by atoms with Crippen LogP contribution in [0.4, 0.5) is 0 Å². The molecule has 0 saturated carbocycles. The van der Waals surface area contributed by atoms with Crippen LogP contribution in [0.5, 0.6) is 5.75 Å². The van der Waals surface area contributed by atoms with E-state index in [1.54, 1.807) is 14.0 Å². The van der Waals surface area contributed by atoms with Crippen molar-refractivity contribution < 1.29 is 14.6 Å². The first-order valence-electron chi connectivity index (χ1n) is 8.16. The van der Waals surface area contributed by atoms with Gasteiger partial charge in [-0.3, -0.25) is 9.36 Å². The van der Waals surface area contributed by atoms with Crippen LogP contribution >= 0.6 is 11.3 Å². The molecule has 0 saturated heterocycles. The van der Waals surface area contributed by atoms with Crippen LogP contribution in [-0.2, 0) is 4.79 Å². The smallest absolute Gasteiger partial charge is 0.326 e. The molecule has 0 aliphatic rings. The first kappa shape index (κ1) is 18.1. The van der Waals surface area contributed by atoms with E-state index < -0.39 is 12.0 Å². The van der Waals surface area contributed by atoms with Crippen molar-refractivity contribution in [1.82, 2.24) is 9.55 Å². The second-order valence-corrected chi connectivity index (χ2v) is 7.45. The van der Waals surface area contributed by atoms with Gasteiger partial charge in [0.15, 0.2) is 0 Å². The highest BCUT2D eigenvalue weighted by Crippen LogP contribution is 2.37. The van der Waals surface area contributed by atoms with Crippen molar-refractivity contribution in [3.8, 4) is 16.9 Å². The Morgan fingerprint density at radius 2 is 2.00 bits per heavy atom. The van der Waals surface area contributed by atoms with E-state index in [2.05, 4.69) is 4.98 Å². The summed E-state index contributed by atoms with van der Waals surface area (Å²) in [4.78, 5) is 30.7. The third kappa shape index (κ3) is 2.78. The van der Waals surface area contributed by atoms with Crippen LogP contribution in [-0.4, -0.2) is 27.7 Å². The summed E-state index contributed by atoms with van der Waals surface area (Å²) < 4.78 is 6.56. The first-order valence-corrected chi connectivity index (χ1v) is 8.98. The summed E-state index contributed by atoms with van der Waals surface area (Å²) in [5.74, 6) is 0.109. The molecule has 0 spiro atoms. The quantitative estimate of drug-likeness (QED) is 0.755. The summed E-state index contributed by atoms with van der Waals surface area (Å²) in [5.41, 5.74) is 2.34. The minimum atomic E-state index is -1.06. The second kappa shape index (κ2) is 6.57. The largest absolute Gasteiger partial charge is 0.496 e. The molecule has 26 heavy (non-hydrogen) atoms. The second-order valence-electron chi connectivity index (χ2n) is 6.25. The molecule has 3 aromatic rings. The van der Waals surface area contributed by atoms with Crippen LogP contribution in [0.1, 0.15) is 29.2 Å². The average molecular weight is 372 g/mol. The number of carboxylic acid groups (broad SMARTS) is 1. The van der Waals surface area contributed by atoms with Gasteiger partial charge in [-0.25, -0.2) is 9.78 Å². The Hall–Kier alpha value is -2.67. The number of nitrogens with zero attached hydrogens (tertiary/aromatic N) is 2. The Kier molecular flexibility index (Phi) is 4.58. The summed E-state index contributed by atoms with van der Waals surface area (Å²) in [7, 11) is 1.62. The van der Waals surface area contributed by atoms with Gasteiger partial charge in [-0.05, 0) is 51.0 Å². The number of methoxy groups -OCH3 is 1. The fourth-order valence-corrected chi connectivity index (χ4v) is 4.30.